The predicted octanol–water partition coefficient (Wildman–Crippen LogP) is 1.85. The first-order chi connectivity index (χ1) is 6.27. The van der Waals surface area contributed by atoms with Crippen LogP contribution in [-0.2, 0) is 0 Å². The molecule has 3 nitrogen and oxygen atoms in total. The molecular formula is C9H6ClNO2. The monoisotopic (exact) mass is 195 g/mol. The molecule has 0 fully saturated rings. The molecule has 0 aromatic heterocycles. The van der Waals surface area contributed by atoms with Gasteiger partial charge in [0.1, 0.15) is 17.2 Å². The number of halogens is 1. The lowest BCUT2D eigenvalue weighted by atomic mass is 10.2. The number of hydrogen-bond acceptors (Lipinski definition) is 2. The fraction of sp³-hybridized carbons (Fsp3) is 0. The maximum Gasteiger partial charge on any atom is 0.260 e. The molecule has 0 saturated heterocycles. The first-order valence-electron chi connectivity index (χ1n) is 3.70. The van der Waals surface area contributed by atoms with Crippen LogP contribution in [-0.4, -0.2) is 5.91 Å². The van der Waals surface area contributed by atoms with Gasteiger partial charge in [-0.25, -0.2) is 0 Å². The van der Waals surface area contributed by atoms with Crippen LogP contribution >= 0.6 is 11.6 Å². The van der Waals surface area contributed by atoms with Gasteiger partial charge in [0.2, 0.25) is 0 Å². The van der Waals surface area contributed by atoms with E-state index in [2.05, 4.69) is 5.32 Å². The van der Waals surface area contributed by atoms with Crippen LogP contribution in [0.15, 0.2) is 35.7 Å². The molecule has 0 bridgehead atoms. The van der Waals surface area contributed by atoms with Crippen molar-refractivity contribution in [3.05, 3.63) is 41.2 Å². The number of fused-ring (bicyclic) bond motifs is 1. The third-order valence-corrected chi connectivity index (χ3v) is 1.84. The van der Waals surface area contributed by atoms with E-state index in [1.165, 1.54) is 6.26 Å². The number of rotatable bonds is 0. The first kappa shape index (κ1) is 8.13. The van der Waals surface area contributed by atoms with Crippen molar-refractivity contribution < 1.29 is 9.53 Å². The lowest BCUT2D eigenvalue weighted by Gasteiger charge is -2.01. The molecule has 1 amide bonds. The molecule has 0 spiro atoms. The third-order valence-electron chi connectivity index (χ3n) is 1.65. The minimum absolute atomic E-state index is 0.182. The van der Waals surface area contributed by atoms with Gasteiger partial charge in [-0.3, -0.25) is 4.79 Å². The van der Waals surface area contributed by atoms with Gasteiger partial charge in [0.15, 0.2) is 0 Å². The first-order valence-corrected chi connectivity index (χ1v) is 4.08. The normalized spacial score (nSPS) is 14.8. The highest BCUT2D eigenvalue weighted by molar-refractivity contribution is 6.30. The van der Waals surface area contributed by atoms with Gasteiger partial charge in [0.05, 0.1) is 5.56 Å². The largest absolute Gasteiger partial charge is 0.461 e. The summed E-state index contributed by atoms with van der Waals surface area (Å²) in [5, 5.41) is 2.64. The van der Waals surface area contributed by atoms with E-state index in [0.29, 0.717) is 11.3 Å². The summed E-state index contributed by atoms with van der Waals surface area (Å²) in [6, 6.07) is 6.94. The van der Waals surface area contributed by atoms with E-state index in [4.69, 9.17) is 16.3 Å². The number of nitrogens with one attached hydrogen (secondary N) is 1. The quantitative estimate of drug-likeness (QED) is 0.642. The Balaban J connectivity index is 2.49. The third kappa shape index (κ3) is 1.51. The summed E-state index contributed by atoms with van der Waals surface area (Å²) in [4.78, 5) is 11.4. The number of carbonyl (C=O) groups excluding carboxylic acids is 1. The second kappa shape index (κ2) is 3.11. The van der Waals surface area contributed by atoms with Crippen molar-refractivity contribution in [2.24, 2.45) is 0 Å². The summed E-state index contributed by atoms with van der Waals surface area (Å²) in [7, 11) is 0. The Hall–Kier alpha value is -1.48. The summed E-state index contributed by atoms with van der Waals surface area (Å²) in [5.41, 5.74) is 0.481. The van der Waals surface area contributed by atoms with Gasteiger partial charge in [-0.2, -0.15) is 0 Å². The molecule has 2 rings (SSSR count). The topological polar surface area (TPSA) is 38.3 Å². The van der Waals surface area contributed by atoms with Gasteiger partial charge < -0.3 is 10.1 Å². The summed E-state index contributed by atoms with van der Waals surface area (Å²) in [5.74, 6) is 0.255. The van der Waals surface area contributed by atoms with Crippen molar-refractivity contribution in [1.29, 1.82) is 0 Å². The lowest BCUT2D eigenvalue weighted by Crippen LogP contribution is -2.18. The molecule has 1 N–H and O–H groups in total. The van der Waals surface area contributed by atoms with Crippen molar-refractivity contribution in [1.82, 2.24) is 5.32 Å². The van der Waals surface area contributed by atoms with Gasteiger partial charge in [0, 0.05) is 0 Å². The van der Waals surface area contributed by atoms with Crippen LogP contribution < -0.4 is 10.1 Å². The molecule has 13 heavy (non-hydrogen) atoms. The molecule has 0 radical (unpaired) electrons. The van der Waals surface area contributed by atoms with E-state index in [1.807, 2.05) is 0 Å². The van der Waals surface area contributed by atoms with Gasteiger partial charge in [-0.05, 0) is 12.1 Å². The molecule has 1 heterocycles. The molecule has 0 aliphatic carbocycles. The standard InChI is InChI=1S/C9H6ClNO2/c10-8-5-13-7-4-2-1-3-6(7)9(12)11-8/h1-5H,(H,11,12). The lowest BCUT2D eigenvalue weighted by molar-refractivity contribution is 0.0969. The number of ether oxygens (including phenoxy) is 1. The molecule has 0 saturated carbocycles. The van der Waals surface area contributed by atoms with Crippen LogP contribution in [0.25, 0.3) is 0 Å². The maximum absolute atomic E-state index is 11.4. The van der Waals surface area contributed by atoms with E-state index in [-0.39, 0.29) is 11.1 Å². The second-order valence-electron chi connectivity index (χ2n) is 2.53. The second-order valence-corrected chi connectivity index (χ2v) is 2.94. The Kier molecular flexibility index (Phi) is 1.94. The molecule has 1 aromatic rings. The molecule has 0 atom stereocenters. The van der Waals surface area contributed by atoms with E-state index in [9.17, 15) is 4.79 Å². The fourth-order valence-corrected chi connectivity index (χ4v) is 1.21. The van der Waals surface area contributed by atoms with Crippen molar-refractivity contribution >= 4 is 17.5 Å². The van der Waals surface area contributed by atoms with Crippen LogP contribution in [0.3, 0.4) is 0 Å². The Morgan fingerprint density at radius 1 is 1.31 bits per heavy atom. The average molecular weight is 196 g/mol. The molecule has 66 valence electrons. The number of hydrogen-bond donors (Lipinski definition) is 1. The van der Waals surface area contributed by atoms with E-state index < -0.39 is 0 Å². The molecule has 1 aliphatic heterocycles. The van der Waals surface area contributed by atoms with Crippen LogP contribution in [0.5, 0.6) is 5.75 Å². The van der Waals surface area contributed by atoms with Crippen molar-refractivity contribution in [3.63, 3.8) is 0 Å². The SMILES string of the molecule is O=C1NC(Cl)=COc2ccccc21. The Morgan fingerprint density at radius 2 is 2.08 bits per heavy atom. The average Bonchev–Trinajstić information content (AvgIpc) is 2.27. The fourth-order valence-electron chi connectivity index (χ4n) is 1.08. The molecule has 1 aliphatic rings. The van der Waals surface area contributed by atoms with E-state index in [0.717, 1.165) is 0 Å². The summed E-state index contributed by atoms with van der Waals surface area (Å²) in [6.07, 6.45) is 1.30. The maximum atomic E-state index is 11.4. The smallest absolute Gasteiger partial charge is 0.260 e. The summed E-state index contributed by atoms with van der Waals surface area (Å²) >= 11 is 5.61. The van der Waals surface area contributed by atoms with Crippen molar-refractivity contribution in [2.75, 3.05) is 0 Å². The van der Waals surface area contributed by atoms with Gasteiger partial charge in [0.25, 0.3) is 5.91 Å². The van der Waals surface area contributed by atoms with Crippen LogP contribution in [0.1, 0.15) is 10.4 Å². The Bertz CT molecular complexity index is 387. The zero-order valence-corrected chi connectivity index (χ0v) is 7.34. The van der Waals surface area contributed by atoms with Gasteiger partial charge >= 0.3 is 0 Å². The summed E-state index contributed by atoms with van der Waals surface area (Å²) in [6.45, 7) is 0. The van der Waals surface area contributed by atoms with Gasteiger partial charge in [-0.1, -0.05) is 23.7 Å². The van der Waals surface area contributed by atoms with Crippen LogP contribution in [0.2, 0.25) is 0 Å². The zero-order valence-electron chi connectivity index (χ0n) is 6.58. The minimum atomic E-state index is -0.255. The Labute approximate surface area is 80.0 Å². The molecule has 0 unspecified atom stereocenters. The number of benzene rings is 1. The highest BCUT2D eigenvalue weighted by atomic mass is 35.5. The predicted molar refractivity (Wildman–Crippen MR) is 48.5 cm³/mol. The highest BCUT2D eigenvalue weighted by Gasteiger charge is 2.15. The zero-order chi connectivity index (χ0) is 9.26. The van der Waals surface area contributed by atoms with E-state index >= 15 is 0 Å². The van der Waals surface area contributed by atoms with Crippen LogP contribution in [0.4, 0.5) is 0 Å². The van der Waals surface area contributed by atoms with Crippen molar-refractivity contribution in [3.8, 4) is 5.75 Å². The highest BCUT2D eigenvalue weighted by Crippen LogP contribution is 2.21. The van der Waals surface area contributed by atoms with Crippen LogP contribution in [0, 0.1) is 0 Å². The molecule has 1 aromatic carbocycles. The number of carbonyl (C=O) groups is 1. The van der Waals surface area contributed by atoms with E-state index in [1.54, 1.807) is 24.3 Å². The summed E-state index contributed by atoms with van der Waals surface area (Å²) < 4.78 is 5.15. The molecule has 4 heteroatoms. The minimum Gasteiger partial charge on any atom is -0.461 e. The molecular weight excluding hydrogens is 190 g/mol. The van der Waals surface area contributed by atoms with Crippen molar-refractivity contribution in [2.45, 2.75) is 0 Å². The Morgan fingerprint density at radius 3 is 2.92 bits per heavy atom. The number of amides is 1. The number of para-hydroxylation sites is 1. The van der Waals surface area contributed by atoms with Gasteiger partial charge in [-0.15, -0.1) is 0 Å².